The molecule has 9 nitrogen and oxygen atoms in total. The maximum atomic E-state index is 11.3. The number of hydrogen-bond acceptors (Lipinski definition) is 5. The Morgan fingerprint density at radius 3 is 1.65 bits per heavy atom. The SMILES string of the molecule is C=Cc1ccc(COc2cc(C(N)=O)cc(C(N)=O)c2)cc1.O=C(O)c1cccc(C(=O)O)c1. The maximum Gasteiger partial charge on any atom is 0.335 e. The Labute approximate surface area is 194 Å². The fraction of sp³-hybridized carbons (Fsp3) is 0.0400. The highest BCUT2D eigenvalue weighted by molar-refractivity contribution is 5.99. The van der Waals surface area contributed by atoms with Gasteiger partial charge in [0.15, 0.2) is 0 Å². The number of primary amides is 2. The molecule has 0 aromatic heterocycles. The summed E-state index contributed by atoms with van der Waals surface area (Å²) in [6.45, 7) is 3.98. The molecule has 9 heteroatoms. The van der Waals surface area contributed by atoms with Crippen molar-refractivity contribution in [3.05, 3.63) is 107 Å². The largest absolute Gasteiger partial charge is 0.489 e. The van der Waals surface area contributed by atoms with Crippen LogP contribution < -0.4 is 16.2 Å². The lowest BCUT2D eigenvalue weighted by atomic mass is 10.1. The third-order valence-corrected chi connectivity index (χ3v) is 4.45. The molecule has 3 rings (SSSR count). The second-order valence-electron chi connectivity index (χ2n) is 6.90. The van der Waals surface area contributed by atoms with Crippen molar-refractivity contribution in [1.29, 1.82) is 0 Å². The maximum absolute atomic E-state index is 11.3. The zero-order valence-electron chi connectivity index (χ0n) is 17.9. The lowest BCUT2D eigenvalue weighted by Gasteiger charge is -2.09. The van der Waals surface area contributed by atoms with E-state index in [1.807, 2.05) is 24.3 Å². The van der Waals surface area contributed by atoms with Gasteiger partial charge in [-0.3, -0.25) is 9.59 Å². The van der Waals surface area contributed by atoms with Crippen molar-refractivity contribution in [2.75, 3.05) is 0 Å². The molecule has 174 valence electrons. The van der Waals surface area contributed by atoms with Gasteiger partial charge in [0.1, 0.15) is 12.4 Å². The van der Waals surface area contributed by atoms with Crippen LogP contribution in [-0.4, -0.2) is 34.0 Å². The van der Waals surface area contributed by atoms with Gasteiger partial charge in [-0.1, -0.05) is 43.0 Å². The molecular formula is C25H22N2O7. The van der Waals surface area contributed by atoms with Gasteiger partial charge in [0.05, 0.1) is 11.1 Å². The predicted octanol–water partition coefficient (Wildman–Crippen LogP) is 3.19. The Morgan fingerprint density at radius 1 is 0.765 bits per heavy atom. The van der Waals surface area contributed by atoms with E-state index in [0.29, 0.717) is 5.75 Å². The summed E-state index contributed by atoms with van der Waals surface area (Å²) in [5.74, 6) is -3.19. The molecule has 0 aliphatic heterocycles. The van der Waals surface area contributed by atoms with Crippen LogP contribution in [0.25, 0.3) is 6.08 Å². The zero-order chi connectivity index (χ0) is 25.3. The summed E-state index contributed by atoms with van der Waals surface area (Å²) in [6.07, 6.45) is 1.75. The Balaban J connectivity index is 0.000000287. The first kappa shape index (κ1) is 25.3. The molecule has 3 aromatic rings. The van der Waals surface area contributed by atoms with Crippen LogP contribution in [0, 0.1) is 0 Å². The summed E-state index contributed by atoms with van der Waals surface area (Å²) in [4.78, 5) is 43.3. The molecule has 0 atom stereocenters. The summed E-state index contributed by atoms with van der Waals surface area (Å²) in [5, 5.41) is 17.0. The van der Waals surface area contributed by atoms with Gasteiger partial charge in [0.2, 0.25) is 11.8 Å². The Bertz CT molecular complexity index is 1170. The van der Waals surface area contributed by atoms with E-state index in [-0.39, 0.29) is 28.9 Å². The average molecular weight is 462 g/mol. The van der Waals surface area contributed by atoms with Crippen LogP contribution in [0.15, 0.2) is 73.3 Å². The number of hydrogen-bond donors (Lipinski definition) is 4. The third-order valence-electron chi connectivity index (χ3n) is 4.45. The van der Waals surface area contributed by atoms with Crippen LogP contribution >= 0.6 is 0 Å². The van der Waals surface area contributed by atoms with Crippen molar-refractivity contribution in [2.24, 2.45) is 11.5 Å². The molecule has 0 heterocycles. The standard InChI is InChI=1S/C17H16N2O3.C8H6O4/c1-2-11-3-5-12(6-4-11)10-22-15-8-13(16(18)20)7-14(9-15)17(19)21;9-7(10)5-2-1-3-6(4-5)8(11)12/h2-9H,1,10H2,(H2,18,20)(H2,19,21);1-4H,(H,9,10)(H,11,12). The lowest BCUT2D eigenvalue weighted by Crippen LogP contribution is -2.15. The number of aromatic carboxylic acids is 2. The highest BCUT2D eigenvalue weighted by Crippen LogP contribution is 2.19. The lowest BCUT2D eigenvalue weighted by molar-refractivity contribution is 0.0696. The van der Waals surface area contributed by atoms with E-state index in [9.17, 15) is 19.2 Å². The molecule has 0 aliphatic rings. The van der Waals surface area contributed by atoms with Crippen LogP contribution in [0.3, 0.4) is 0 Å². The number of carboxylic acids is 2. The van der Waals surface area contributed by atoms with Gasteiger partial charge < -0.3 is 26.4 Å². The van der Waals surface area contributed by atoms with Crippen LogP contribution in [0.2, 0.25) is 0 Å². The molecule has 0 unspecified atom stereocenters. The first-order valence-corrected chi connectivity index (χ1v) is 9.76. The van der Waals surface area contributed by atoms with E-state index in [1.165, 1.54) is 36.4 Å². The minimum atomic E-state index is -1.13. The van der Waals surface area contributed by atoms with Crippen molar-refractivity contribution in [3.63, 3.8) is 0 Å². The Morgan fingerprint density at radius 2 is 1.24 bits per heavy atom. The second kappa shape index (κ2) is 11.6. The molecule has 3 aromatic carbocycles. The summed E-state index contributed by atoms with van der Waals surface area (Å²) in [5.41, 5.74) is 12.7. The number of carboxylic acid groups (broad SMARTS) is 2. The fourth-order valence-electron chi connectivity index (χ4n) is 2.67. The highest BCUT2D eigenvalue weighted by atomic mass is 16.5. The molecule has 0 saturated carbocycles. The molecule has 0 spiro atoms. The number of carbonyl (C=O) groups is 4. The van der Waals surface area contributed by atoms with Gasteiger partial charge in [0.25, 0.3) is 0 Å². The molecule has 0 radical (unpaired) electrons. The zero-order valence-corrected chi connectivity index (χ0v) is 17.9. The number of ether oxygens (including phenoxy) is 1. The van der Waals surface area contributed by atoms with Crippen molar-refractivity contribution in [2.45, 2.75) is 6.61 Å². The average Bonchev–Trinajstić information content (AvgIpc) is 2.83. The summed E-state index contributed by atoms with van der Waals surface area (Å²) < 4.78 is 5.61. The van der Waals surface area contributed by atoms with Crippen molar-refractivity contribution in [3.8, 4) is 5.75 Å². The van der Waals surface area contributed by atoms with Crippen molar-refractivity contribution >= 4 is 29.8 Å². The van der Waals surface area contributed by atoms with Gasteiger partial charge in [-0.25, -0.2) is 9.59 Å². The molecule has 34 heavy (non-hydrogen) atoms. The van der Waals surface area contributed by atoms with Crippen LogP contribution in [0.1, 0.15) is 52.6 Å². The second-order valence-corrected chi connectivity index (χ2v) is 6.90. The summed E-state index contributed by atoms with van der Waals surface area (Å²) in [6, 6.07) is 17.1. The topological polar surface area (TPSA) is 170 Å². The number of benzene rings is 3. The van der Waals surface area contributed by atoms with Crippen LogP contribution in [0.5, 0.6) is 5.75 Å². The molecule has 0 aliphatic carbocycles. The van der Waals surface area contributed by atoms with E-state index in [0.717, 1.165) is 17.2 Å². The smallest absolute Gasteiger partial charge is 0.335 e. The highest BCUT2D eigenvalue weighted by Gasteiger charge is 2.10. The molecular weight excluding hydrogens is 440 g/mol. The first-order valence-electron chi connectivity index (χ1n) is 9.76. The predicted molar refractivity (Wildman–Crippen MR) is 125 cm³/mol. The minimum Gasteiger partial charge on any atom is -0.489 e. The van der Waals surface area contributed by atoms with E-state index in [1.54, 1.807) is 6.08 Å². The quantitative estimate of drug-likeness (QED) is 0.398. The van der Waals surface area contributed by atoms with Crippen LogP contribution in [-0.2, 0) is 6.61 Å². The van der Waals surface area contributed by atoms with Gasteiger partial charge in [0, 0.05) is 11.1 Å². The van der Waals surface area contributed by atoms with E-state index in [2.05, 4.69) is 6.58 Å². The van der Waals surface area contributed by atoms with Crippen LogP contribution in [0.4, 0.5) is 0 Å². The normalized spacial score (nSPS) is 9.76. The van der Waals surface area contributed by atoms with Gasteiger partial charge in [-0.15, -0.1) is 0 Å². The van der Waals surface area contributed by atoms with E-state index < -0.39 is 23.8 Å². The number of nitrogens with two attached hydrogens (primary N) is 2. The third kappa shape index (κ3) is 7.34. The van der Waals surface area contributed by atoms with Crippen molar-refractivity contribution in [1.82, 2.24) is 0 Å². The number of rotatable bonds is 8. The summed E-state index contributed by atoms with van der Waals surface area (Å²) >= 11 is 0. The van der Waals surface area contributed by atoms with E-state index in [4.69, 9.17) is 26.4 Å². The monoisotopic (exact) mass is 462 g/mol. The first-order chi connectivity index (χ1) is 16.1. The molecule has 0 bridgehead atoms. The number of amides is 2. The van der Waals surface area contributed by atoms with Crippen molar-refractivity contribution < 1.29 is 34.1 Å². The molecule has 0 saturated heterocycles. The molecule has 0 fully saturated rings. The van der Waals surface area contributed by atoms with Gasteiger partial charge >= 0.3 is 11.9 Å². The Hall–Kier alpha value is -4.92. The fourth-order valence-corrected chi connectivity index (χ4v) is 2.67. The Kier molecular flexibility index (Phi) is 8.67. The number of carbonyl (C=O) groups excluding carboxylic acids is 2. The summed E-state index contributed by atoms with van der Waals surface area (Å²) in [7, 11) is 0. The molecule has 6 N–H and O–H groups in total. The van der Waals surface area contributed by atoms with E-state index >= 15 is 0 Å². The molecule has 2 amide bonds. The van der Waals surface area contributed by atoms with Gasteiger partial charge in [-0.05, 0) is 47.5 Å². The van der Waals surface area contributed by atoms with Gasteiger partial charge in [-0.2, -0.15) is 0 Å². The minimum absolute atomic E-state index is 0.0186.